The van der Waals surface area contributed by atoms with Crippen molar-refractivity contribution in [2.24, 2.45) is 0 Å². The average molecular weight is 418 g/mol. The van der Waals surface area contributed by atoms with E-state index in [1.165, 1.54) is 0 Å². The highest BCUT2D eigenvalue weighted by Gasteiger charge is 2.33. The van der Waals surface area contributed by atoms with Crippen molar-refractivity contribution in [3.05, 3.63) is 75.6 Å². The minimum Gasteiger partial charge on any atom is -0.459 e. The summed E-state index contributed by atoms with van der Waals surface area (Å²) in [6.07, 6.45) is -1.37. The maximum Gasteiger partial charge on any atom is 0.416 e. The van der Waals surface area contributed by atoms with Gasteiger partial charge in [-0.25, -0.2) is 0 Å². The molecule has 30 heavy (non-hydrogen) atoms. The molecular weight excluding hydrogens is 405 g/mol. The van der Waals surface area contributed by atoms with Gasteiger partial charge >= 0.3 is 12.1 Å². The van der Waals surface area contributed by atoms with Crippen molar-refractivity contribution in [3.8, 4) is 6.07 Å². The van der Waals surface area contributed by atoms with Crippen LogP contribution in [0.25, 0.3) is 5.52 Å². The van der Waals surface area contributed by atoms with E-state index in [-0.39, 0.29) is 12.3 Å². The lowest BCUT2D eigenvalue weighted by Crippen LogP contribution is -2.18. The van der Waals surface area contributed by atoms with Gasteiger partial charge in [-0.15, -0.1) is 0 Å². The van der Waals surface area contributed by atoms with Gasteiger partial charge in [0.05, 0.1) is 21.6 Å². The number of rotatable bonds is 6. The lowest BCUT2D eigenvalue weighted by molar-refractivity contribution is -0.384. The molecule has 0 spiro atoms. The third-order valence-electron chi connectivity index (χ3n) is 4.21. The van der Waals surface area contributed by atoms with Gasteiger partial charge in [0.2, 0.25) is 0 Å². The molecule has 154 valence electrons. The first-order valence-corrected chi connectivity index (χ1v) is 8.44. The number of ether oxygens (including phenoxy) is 1. The van der Waals surface area contributed by atoms with Crippen LogP contribution in [0.4, 0.5) is 24.5 Å². The lowest BCUT2D eigenvalue weighted by atomic mass is 10.1. The van der Waals surface area contributed by atoms with Crippen LogP contribution in [-0.2, 0) is 22.3 Å². The SMILES string of the molecule is N#Cc1c(COC(=O)CNc2ccc(C(F)(F)F)cc2[N+](=O)[O-])cn2ccccc12. The van der Waals surface area contributed by atoms with Gasteiger partial charge < -0.3 is 14.5 Å². The van der Waals surface area contributed by atoms with E-state index >= 15 is 0 Å². The molecule has 0 aliphatic carbocycles. The molecule has 1 N–H and O–H groups in total. The zero-order valence-corrected chi connectivity index (χ0v) is 15.1. The minimum absolute atomic E-state index is 0.208. The molecule has 0 saturated carbocycles. The maximum absolute atomic E-state index is 12.7. The van der Waals surface area contributed by atoms with E-state index in [1.54, 1.807) is 35.0 Å². The van der Waals surface area contributed by atoms with Crippen LogP contribution in [0.3, 0.4) is 0 Å². The van der Waals surface area contributed by atoms with Gasteiger partial charge in [-0.05, 0) is 24.3 Å². The van der Waals surface area contributed by atoms with Crippen LogP contribution in [0.15, 0.2) is 48.8 Å². The number of fused-ring (bicyclic) bond motifs is 1. The number of carbonyl (C=O) groups excluding carboxylic acids is 1. The molecule has 0 saturated heterocycles. The van der Waals surface area contributed by atoms with Gasteiger partial charge in [0, 0.05) is 24.0 Å². The van der Waals surface area contributed by atoms with Crippen molar-refractivity contribution in [2.75, 3.05) is 11.9 Å². The van der Waals surface area contributed by atoms with E-state index in [0.717, 1.165) is 6.07 Å². The Hall–Kier alpha value is -4.07. The molecule has 1 aromatic carbocycles. The molecule has 3 aromatic rings. The third kappa shape index (κ3) is 4.33. The number of nitro groups is 1. The Morgan fingerprint density at radius 3 is 2.73 bits per heavy atom. The molecule has 0 bridgehead atoms. The molecule has 0 amide bonds. The molecule has 0 unspecified atom stereocenters. The largest absolute Gasteiger partial charge is 0.459 e. The zero-order chi connectivity index (χ0) is 21.9. The quantitative estimate of drug-likeness (QED) is 0.369. The summed E-state index contributed by atoms with van der Waals surface area (Å²) in [5.41, 5.74) is -0.788. The molecule has 0 atom stereocenters. The first-order chi connectivity index (χ1) is 14.2. The van der Waals surface area contributed by atoms with Crippen LogP contribution >= 0.6 is 0 Å². The summed E-state index contributed by atoms with van der Waals surface area (Å²) in [5, 5.41) is 22.8. The average Bonchev–Trinajstić information content (AvgIpc) is 3.07. The Kier molecular flexibility index (Phi) is 5.59. The lowest BCUT2D eigenvalue weighted by Gasteiger charge is -2.10. The van der Waals surface area contributed by atoms with Crippen LogP contribution in [0.1, 0.15) is 16.7 Å². The van der Waals surface area contributed by atoms with Crippen molar-refractivity contribution >= 4 is 22.9 Å². The van der Waals surface area contributed by atoms with Crippen molar-refractivity contribution in [3.63, 3.8) is 0 Å². The van der Waals surface area contributed by atoms with E-state index in [9.17, 15) is 33.3 Å². The first kappa shape index (κ1) is 20.7. The van der Waals surface area contributed by atoms with Gasteiger partial charge in [0.25, 0.3) is 5.69 Å². The molecule has 0 aliphatic rings. The van der Waals surface area contributed by atoms with Crippen molar-refractivity contribution < 1.29 is 27.6 Å². The van der Waals surface area contributed by atoms with Gasteiger partial charge in [0.15, 0.2) is 0 Å². The van der Waals surface area contributed by atoms with Gasteiger partial charge in [-0.3, -0.25) is 14.9 Å². The van der Waals surface area contributed by atoms with Crippen LogP contribution < -0.4 is 5.32 Å². The monoisotopic (exact) mass is 418 g/mol. The number of nitriles is 1. The smallest absolute Gasteiger partial charge is 0.416 e. The summed E-state index contributed by atoms with van der Waals surface area (Å²) in [7, 11) is 0. The third-order valence-corrected chi connectivity index (χ3v) is 4.21. The Labute approximate surface area is 167 Å². The fourth-order valence-electron chi connectivity index (χ4n) is 2.80. The molecule has 2 aromatic heterocycles. The number of esters is 1. The number of hydrogen-bond donors (Lipinski definition) is 1. The van der Waals surface area contributed by atoms with Gasteiger partial charge in [-0.2, -0.15) is 18.4 Å². The fourth-order valence-corrected chi connectivity index (χ4v) is 2.80. The molecule has 0 aliphatic heterocycles. The van der Waals surface area contributed by atoms with E-state index in [2.05, 4.69) is 5.32 Å². The number of hydrogen-bond acceptors (Lipinski definition) is 6. The summed E-state index contributed by atoms with van der Waals surface area (Å²) in [4.78, 5) is 22.1. The molecule has 8 nitrogen and oxygen atoms in total. The molecule has 3 rings (SSSR count). The maximum atomic E-state index is 12.7. The number of alkyl halides is 3. The number of halogens is 3. The second-order valence-corrected chi connectivity index (χ2v) is 6.14. The first-order valence-electron chi connectivity index (χ1n) is 8.44. The number of nitro benzene ring substituents is 1. The fraction of sp³-hybridized carbons (Fsp3) is 0.158. The number of benzene rings is 1. The second-order valence-electron chi connectivity index (χ2n) is 6.14. The number of carbonyl (C=O) groups is 1. The molecule has 2 heterocycles. The van der Waals surface area contributed by atoms with Crippen LogP contribution in [-0.4, -0.2) is 21.8 Å². The van der Waals surface area contributed by atoms with Crippen molar-refractivity contribution in [1.82, 2.24) is 4.40 Å². The van der Waals surface area contributed by atoms with Crippen molar-refractivity contribution in [1.29, 1.82) is 5.26 Å². The Bertz CT molecular complexity index is 1160. The molecule has 11 heteroatoms. The predicted molar refractivity (Wildman–Crippen MR) is 98.5 cm³/mol. The highest BCUT2D eigenvalue weighted by molar-refractivity contribution is 5.77. The second kappa shape index (κ2) is 8.12. The standard InChI is InChI=1S/C19H13F3N4O4/c20-19(21,22)13-4-5-15(17(7-13)26(28)29)24-9-18(27)30-11-12-10-25-6-2-1-3-16(25)14(12)8-23/h1-7,10,24H,9,11H2. The summed E-state index contributed by atoms with van der Waals surface area (Å²) in [5.74, 6) is -0.802. The van der Waals surface area contributed by atoms with E-state index < -0.39 is 34.9 Å². The highest BCUT2D eigenvalue weighted by Crippen LogP contribution is 2.34. The van der Waals surface area contributed by atoms with Crippen LogP contribution in [0.2, 0.25) is 0 Å². The summed E-state index contributed by atoms with van der Waals surface area (Å²) < 4.78 is 45.0. The van der Waals surface area contributed by atoms with E-state index in [0.29, 0.717) is 28.8 Å². The summed E-state index contributed by atoms with van der Waals surface area (Å²) >= 11 is 0. The van der Waals surface area contributed by atoms with Crippen LogP contribution in [0.5, 0.6) is 0 Å². The predicted octanol–water partition coefficient (Wildman–Crippen LogP) is 3.89. The number of anilines is 1. The minimum atomic E-state index is -4.73. The summed E-state index contributed by atoms with van der Waals surface area (Å²) in [6, 6.07) is 9.24. The molecular formula is C19H13F3N4O4. The topological polar surface area (TPSA) is 110 Å². The normalized spacial score (nSPS) is 11.1. The number of nitrogens with one attached hydrogen (secondary N) is 1. The number of pyridine rings is 1. The highest BCUT2D eigenvalue weighted by atomic mass is 19.4. The Morgan fingerprint density at radius 2 is 2.07 bits per heavy atom. The number of nitrogens with zero attached hydrogens (tertiary/aromatic N) is 3. The van der Waals surface area contributed by atoms with E-state index in [4.69, 9.17) is 4.74 Å². The Balaban J connectivity index is 1.67. The zero-order valence-electron chi connectivity index (χ0n) is 15.1. The molecule has 0 radical (unpaired) electrons. The molecule has 0 fully saturated rings. The van der Waals surface area contributed by atoms with E-state index in [1.807, 2.05) is 6.07 Å². The van der Waals surface area contributed by atoms with Gasteiger partial charge in [-0.1, -0.05) is 6.07 Å². The summed E-state index contributed by atoms with van der Waals surface area (Å²) in [6.45, 7) is -0.721. The Morgan fingerprint density at radius 1 is 1.30 bits per heavy atom. The van der Waals surface area contributed by atoms with Crippen LogP contribution in [0, 0.1) is 21.4 Å². The van der Waals surface area contributed by atoms with Crippen molar-refractivity contribution in [2.45, 2.75) is 12.8 Å². The van der Waals surface area contributed by atoms with Gasteiger partial charge in [0.1, 0.15) is 24.9 Å². The number of aromatic nitrogens is 1.